The molecule has 0 bridgehead atoms. The fourth-order valence-corrected chi connectivity index (χ4v) is 2.83. The van der Waals surface area contributed by atoms with E-state index in [0.29, 0.717) is 17.3 Å². The molecule has 2 N–H and O–H groups in total. The molecular weight excluding hydrogens is 330 g/mol. The highest BCUT2D eigenvalue weighted by molar-refractivity contribution is 5.95. The number of aromatic nitrogens is 2. The van der Waals surface area contributed by atoms with Gasteiger partial charge in [-0.1, -0.05) is 12.1 Å². The van der Waals surface area contributed by atoms with Gasteiger partial charge in [0, 0.05) is 49.2 Å². The van der Waals surface area contributed by atoms with E-state index in [0.717, 1.165) is 50.8 Å². The molecule has 0 amide bonds. The van der Waals surface area contributed by atoms with Crippen molar-refractivity contribution in [1.82, 2.24) is 14.9 Å². The van der Waals surface area contributed by atoms with Gasteiger partial charge in [-0.3, -0.25) is 9.69 Å². The Bertz CT molecular complexity index is 759. The molecule has 1 aliphatic rings. The Hall–Kier alpha value is -2.51. The average Bonchev–Trinajstić information content (AvgIpc) is 2.62. The van der Waals surface area contributed by atoms with Gasteiger partial charge in [-0.2, -0.15) is 4.98 Å². The lowest BCUT2D eigenvalue weighted by Gasteiger charge is -2.26. The minimum absolute atomic E-state index is 0.0398. The summed E-state index contributed by atoms with van der Waals surface area (Å²) in [5, 5.41) is 6.54. The molecule has 3 rings (SSSR count). The van der Waals surface area contributed by atoms with Gasteiger partial charge in [0.1, 0.15) is 5.82 Å². The molecule has 0 saturated carbocycles. The summed E-state index contributed by atoms with van der Waals surface area (Å²) in [6.07, 6.45) is 0. The summed E-state index contributed by atoms with van der Waals surface area (Å²) in [5.41, 5.74) is 2.37. The highest BCUT2D eigenvalue weighted by Gasteiger charge is 2.10. The first kappa shape index (κ1) is 18.3. The van der Waals surface area contributed by atoms with Gasteiger partial charge in [-0.25, -0.2) is 4.98 Å². The van der Waals surface area contributed by atoms with Gasteiger partial charge in [-0.05, 0) is 26.0 Å². The zero-order chi connectivity index (χ0) is 18.4. The maximum Gasteiger partial charge on any atom is 0.224 e. The summed E-state index contributed by atoms with van der Waals surface area (Å²) in [7, 11) is 0. The van der Waals surface area contributed by atoms with Gasteiger partial charge in [0.25, 0.3) is 0 Å². The van der Waals surface area contributed by atoms with Crippen LogP contribution in [0.4, 0.5) is 17.5 Å². The average molecular weight is 355 g/mol. The summed E-state index contributed by atoms with van der Waals surface area (Å²) < 4.78 is 5.36. The number of ether oxygens (including phenoxy) is 1. The number of ketones is 1. The van der Waals surface area contributed by atoms with Gasteiger partial charge in [-0.15, -0.1) is 0 Å². The van der Waals surface area contributed by atoms with Crippen LogP contribution in [0.25, 0.3) is 0 Å². The zero-order valence-electron chi connectivity index (χ0n) is 15.3. The Labute approximate surface area is 153 Å². The van der Waals surface area contributed by atoms with Crippen molar-refractivity contribution in [2.75, 3.05) is 50.0 Å². The first-order valence-corrected chi connectivity index (χ1v) is 8.88. The predicted molar refractivity (Wildman–Crippen MR) is 102 cm³/mol. The highest BCUT2D eigenvalue weighted by Crippen LogP contribution is 2.18. The van der Waals surface area contributed by atoms with E-state index >= 15 is 0 Å². The Kier molecular flexibility index (Phi) is 6.14. The zero-order valence-corrected chi connectivity index (χ0v) is 15.3. The number of benzene rings is 1. The van der Waals surface area contributed by atoms with Gasteiger partial charge >= 0.3 is 0 Å². The molecule has 7 heteroatoms. The molecule has 1 aromatic heterocycles. The Morgan fingerprint density at radius 2 is 2.04 bits per heavy atom. The molecule has 0 radical (unpaired) electrons. The normalized spacial score (nSPS) is 14.8. The van der Waals surface area contributed by atoms with E-state index in [2.05, 4.69) is 25.5 Å². The monoisotopic (exact) mass is 355 g/mol. The fraction of sp³-hybridized carbons (Fsp3) is 0.421. The van der Waals surface area contributed by atoms with Crippen LogP contribution in [0.1, 0.15) is 23.0 Å². The molecule has 0 aliphatic carbocycles. The second kappa shape index (κ2) is 8.73. The largest absolute Gasteiger partial charge is 0.379 e. The summed E-state index contributed by atoms with van der Waals surface area (Å²) >= 11 is 0. The number of hydrogen-bond donors (Lipinski definition) is 2. The van der Waals surface area contributed by atoms with Crippen molar-refractivity contribution in [3.8, 4) is 0 Å². The summed E-state index contributed by atoms with van der Waals surface area (Å²) in [4.78, 5) is 22.9. The quantitative estimate of drug-likeness (QED) is 0.739. The molecular formula is C19H25N5O2. The molecule has 2 aromatic rings. The molecule has 1 saturated heterocycles. The lowest BCUT2D eigenvalue weighted by molar-refractivity contribution is 0.0398. The number of carbonyl (C=O) groups is 1. The van der Waals surface area contributed by atoms with Crippen molar-refractivity contribution >= 4 is 23.2 Å². The SMILES string of the molecule is CC(=O)c1cccc(Nc2cc(C)nc(NCCN3CCOCC3)n2)c1. The Morgan fingerprint density at radius 3 is 2.81 bits per heavy atom. The van der Waals surface area contributed by atoms with Crippen LogP contribution < -0.4 is 10.6 Å². The summed E-state index contributed by atoms with van der Waals surface area (Å²) in [6, 6.07) is 9.28. The van der Waals surface area contributed by atoms with Crippen LogP contribution in [-0.2, 0) is 4.74 Å². The highest BCUT2D eigenvalue weighted by atomic mass is 16.5. The molecule has 1 fully saturated rings. The van der Waals surface area contributed by atoms with E-state index in [1.165, 1.54) is 0 Å². The second-order valence-corrected chi connectivity index (χ2v) is 6.36. The van der Waals surface area contributed by atoms with Gasteiger partial charge in [0.15, 0.2) is 5.78 Å². The maximum atomic E-state index is 11.5. The van der Waals surface area contributed by atoms with Crippen molar-refractivity contribution in [3.05, 3.63) is 41.6 Å². The number of anilines is 3. The number of nitrogens with one attached hydrogen (secondary N) is 2. The van der Waals surface area contributed by atoms with Crippen LogP contribution in [0.15, 0.2) is 30.3 Å². The topological polar surface area (TPSA) is 79.4 Å². The molecule has 0 unspecified atom stereocenters. The van der Waals surface area contributed by atoms with Crippen LogP contribution in [0.2, 0.25) is 0 Å². The number of aryl methyl sites for hydroxylation is 1. The third-order valence-electron chi connectivity index (χ3n) is 4.21. The van der Waals surface area contributed by atoms with Crippen molar-refractivity contribution in [2.45, 2.75) is 13.8 Å². The third-order valence-corrected chi connectivity index (χ3v) is 4.21. The second-order valence-electron chi connectivity index (χ2n) is 6.36. The van der Waals surface area contributed by atoms with Crippen molar-refractivity contribution in [1.29, 1.82) is 0 Å². The number of carbonyl (C=O) groups excluding carboxylic acids is 1. The first-order valence-electron chi connectivity index (χ1n) is 8.88. The van der Waals surface area contributed by atoms with Crippen molar-refractivity contribution in [2.24, 2.45) is 0 Å². The van der Waals surface area contributed by atoms with Crippen LogP contribution >= 0.6 is 0 Å². The van der Waals surface area contributed by atoms with Gasteiger partial charge < -0.3 is 15.4 Å². The number of rotatable bonds is 7. The predicted octanol–water partition coefficient (Wildman–Crippen LogP) is 2.48. The molecule has 0 spiro atoms. The van der Waals surface area contributed by atoms with E-state index in [9.17, 15) is 4.79 Å². The molecule has 1 aromatic carbocycles. The number of nitrogens with zero attached hydrogens (tertiary/aromatic N) is 3. The first-order chi connectivity index (χ1) is 12.6. The van der Waals surface area contributed by atoms with Crippen LogP contribution in [0.3, 0.4) is 0 Å². The smallest absolute Gasteiger partial charge is 0.224 e. The van der Waals surface area contributed by atoms with E-state index in [-0.39, 0.29) is 5.78 Å². The number of Topliss-reactive ketones (excluding diaryl/α,β-unsaturated/α-hetero) is 1. The lowest BCUT2D eigenvalue weighted by atomic mass is 10.1. The Morgan fingerprint density at radius 1 is 1.23 bits per heavy atom. The Balaban J connectivity index is 1.61. The molecule has 138 valence electrons. The molecule has 7 nitrogen and oxygen atoms in total. The standard InChI is InChI=1S/C19H25N5O2/c1-14-12-18(22-17-5-3-4-16(13-17)15(2)25)23-19(21-14)20-6-7-24-8-10-26-11-9-24/h3-5,12-13H,6-11H2,1-2H3,(H2,20,21,22,23). The maximum absolute atomic E-state index is 11.5. The molecule has 2 heterocycles. The van der Waals surface area contributed by atoms with E-state index in [1.807, 2.05) is 31.2 Å². The van der Waals surface area contributed by atoms with E-state index in [4.69, 9.17) is 4.74 Å². The number of morpholine rings is 1. The van der Waals surface area contributed by atoms with Crippen LogP contribution in [0.5, 0.6) is 0 Å². The molecule has 0 atom stereocenters. The molecule has 1 aliphatic heterocycles. The van der Waals surface area contributed by atoms with Gasteiger partial charge in [0.05, 0.1) is 13.2 Å². The van der Waals surface area contributed by atoms with E-state index in [1.54, 1.807) is 13.0 Å². The third kappa shape index (κ3) is 5.24. The van der Waals surface area contributed by atoms with E-state index < -0.39 is 0 Å². The molecule has 26 heavy (non-hydrogen) atoms. The fourth-order valence-electron chi connectivity index (χ4n) is 2.83. The summed E-state index contributed by atoms with van der Waals surface area (Å²) in [6.45, 7) is 8.75. The summed E-state index contributed by atoms with van der Waals surface area (Å²) in [5.74, 6) is 1.34. The van der Waals surface area contributed by atoms with Crippen molar-refractivity contribution in [3.63, 3.8) is 0 Å². The van der Waals surface area contributed by atoms with Crippen molar-refractivity contribution < 1.29 is 9.53 Å². The minimum Gasteiger partial charge on any atom is -0.379 e. The van der Waals surface area contributed by atoms with Crippen LogP contribution in [-0.4, -0.2) is 60.0 Å². The number of hydrogen-bond acceptors (Lipinski definition) is 7. The minimum atomic E-state index is 0.0398. The van der Waals surface area contributed by atoms with Gasteiger partial charge in [0.2, 0.25) is 5.95 Å². The lowest BCUT2D eigenvalue weighted by Crippen LogP contribution is -2.39. The van der Waals surface area contributed by atoms with Crippen LogP contribution in [0, 0.1) is 6.92 Å².